The van der Waals surface area contributed by atoms with E-state index in [0.29, 0.717) is 0 Å². The minimum atomic E-state index is 0.806. The molecule has 0 saturated heterocycles. The Balaban J connectivity index is 2.24. The molecule has 4 heteroatoms. The Morgan fingerprint density at radius 2 is 2.10 bits per heavy atom. The van der Waals surface area contributed by atoms with E-state index < -0.39 is 0 Å². The van der Waals surface area contributed by atoms with E-state index >= 15 is 0 Å². The van der Waals surface area contributed by atoms with Crippen molar-refractivity contribution in [1.29, 1.82) is 0 Å². The first-order valence-corrected chi connectivity index (χ1v) is 6.99. The molecule has 0 aromatic carbocycles. The molecule has 2 rings (SSSR count). The maximum absolute atomic E-state index is 4.58. The lowest BCUT2D eigenvalue weighted by molar-refractivity contribution is 0.770. The molecule has 2 aromatic heterocycles. The molecule has 0 aliphatic heterocycles. The van der Waals surface area contributed by atoms with E-state index in [0.717, 1.165) is 31.0 Å². The highest BCUT2D eigenvalue weighted by Crippen LogP contribution is 2.20. The summed E-state index contributed by atoms with van der Waals surface area (Å²) in [5, 5.41) is 3.21. The van der Waals surface area contributed by atoms with Gasteiger partial charge in [-0.1, -0.05) is 6.07 Å². The molecular formula is C16H22N4. The Labute approximate surface area is 120 Å². The van der Waals surface area contributed by atoms with Gasteiger partial charge in [-0.15, -0.1) is 0 Å². The van der Waals surface area contributed by atoms with E-state index in [1.54, 1.807) is 0 Å². The fourth-order valence-electron chi connectivity index (χ4n) is 2.29. The zero-order chi connectivity index (χ0) is 14.4. The topological polar surface area (TPSA) is 41.1 Å². The Kier molecular flexibility index (Phi) is 5.07. The van der Waals surface area contributed by atoms with E-state index in [2.05, 4.69) is 45.3 Å². The third-order valence-corrected chi connectivity index (χ3v) is 3.28. The molecule has 20 heavy (non-hydrogen) atoms. The summed E-state index contributed by atoms with van der Waals surface area (Å²) in [7, 11) is 1.96. The molecule has 0 saturated carbocycles. The van der Waals surface area contributed by atoms with Crippen LogP contribution < -0.4 is 10.2 Å². The molecular weight excluding hydrogens is 248 g/mol. The van der Waals surface area contributed by atoms with Crippen LogP contribution in [0.25, 0.3) is 0 Å². The van der Waals surface area contributed by atoms with Crippen molar-refractivity contribution in [2.75, 3.05) is 18.5 Å². The number of hydrogen-bond acceptors (Lipinski definition) is 4. The Bertz CT molecular complexity index is 554. The molecule has 1 N–H and O–H groups in total. The van der Waals surface area contributed by atoms with Gasteiger partial charge < -0.3 is 10.2 Å². The van der Waals surface area contributed by atoms with Gasteiger partial charge in [0.1, 0.15) is 0 Å². The van der Waals surface area contributed by atoms with Crippen molar-refractivity contribution < 1.29 is 0 Å². The molecule has 0 spiro atoms. The van der Waals surface area contributed by atoms with E-state index in [1.165, 1.54) is 11.3 Å². The molecule has 0 atom stereocenters. The van der Waals surface area contributed by atoms with Crippen molar-refractivity contribution in [1.82, 2.24) is 15.3 Å². The highest BCUT2D eigenvalue weighted by Gasteiger charge is 2.10. The summed E-state index contributed by atoms with van der Waals surface area (Å²) in [5.41, 5.74) is 4.58. The van der Waals surface area contributed by atoms with Crippen LogP contribution in [0.4, 0.5) is 5.69 Å². The zero-order valence-corrected chi connectivity index (χ0v) is 12.4. The average Bonchev–Trinajstić information content (AvgIpc) is 2.46. The van der Waals surface area contributed by atoms with Gasteiger partial charge in [-0.25, -0.2) is 0 Å². The van der Waals surface area contributed by atoms with Crippen molar-refractivity contribution in [3.05, 3.63) is 53.6 Å². The predicted octanol–water partition coefficient (Wildman–Crippen LogP) is 2.53. The molecule has 0 bridgehead atoms. The van der Waals surface area contributed by atoms with Crippen LogP contribution in [-0.4, -0.2) is 23.6 Å². The van der Waals surface area contributed by atoms with Crippen LogP contribution in [0.3, 0.4) is 0 Å². The van der Waals surface area contributed by atoms with Crippen molar-refractivity contribution in [2.45, 2.75) is 26.9 Å². The van der Waals surface area contributed by atoms with Gasteiger partial charge in [0.15, 0.2) is 0 Å². The van der Waals surface area contributed by atoms with Gasteiger partial charge in [0, 0.05) is 25.0 Å². The molecule has 0 amide bonds. The van der Waals surface area contributed by atoms with Gasteiger partial charge in [0.05, 0.1) is 24.1 Å². The summed E-state index contributed by atoms with van der Waals surface area (Å²) in [6, 6.07) is 8.22. The molecule has 0 radical (unpaired) electrons. The summed E-state index contributed by atoms with van der Waals surface area (Å²) in [5.74, 6) is 0. The SMILES string of the molecule is CCN(Cc1cccc(C)n1)c1cnccc1CNC. The molecule has 0 aliphatic carbocycles. The number of rotatable bonds is 6. The Hall–Kier alpha value is -1.94. The van der Waals surface area contributed by atoms with Crippen LogP contribution in [0.2, 0.25) is 0 Å². The Morgan fingerprint density at radius 3 is 2.80 bits per heavy atom. The van der Waals surface area contributed by atoms with Crippen molar-refractivity contribution in [2.24, 2.45) is 0 Å². The fraction of sp³-hybridized carbons (Fsp3) is 0.375. The highest BCUT2D eigenvalue weighted by atomic mass is 15.1. The summed E-state index contributed by atoms with van der Waals surface area (Å²) in [4.78, 5) is 11.2. The van der Waals surface area contributed by atoms with Gasteiger partial charge >= 0.3 is 0 Å². The van der Waals surface area contributed by atoms with Crippen LogP contribution in [-0.2, 0) is 13.1 Å². The van der Waals surface area contributed by atoms with Crippen LogP contribution in [0.15, 0.2) is 36.7 Å². The van der Waals surface area contributed by atoms with E-state index in [4.69, 9.17) is 0 Å². The maximum Gasteiger partial charge on any atom is 0.0602 e. The van der Waals surface area contributed by atoms with Crippen molar-refractivity contribution in [3.63, 3.8) is 0 Å². The number of aryl methyl sites for hydroxylation is 1. The van der Waals surface area contributed by atoms with E-state index in [1.807, 2.05) is 32.4 Å². The van der Waals surface area contributed by atoms with Gasteiger partial charge in [-0.05, 0) is 44.7 Å². The minimum absolute atomic E-state index is 0.806. The van der Waals surface area contributed by atoms with Crippen molar-refractivity contribution >= 4 is 5.69 Å². The molecule has 0 unspecified atom stereocenters. The normalized spacial score (nSPS) is 10.6. The zero-order valence-electron chi connectivity index (χ0n) is 12.4. The number of nitrogens with zero attached hydrogens (tertiary/aromatic N) is 3. The maximum atomic E-state index is 4.58. The first-order chi connectivity index (χ1) is 9.74. The van der Waals surface area contributed by atoms with Gasteiger partial charge in [-0.2, -0.15) is 0 Å². The molecule has 2 heterocycles. The number of aromatic nitrogens is 2. The minimum Gasteiger partial charge on any atom is -0.364 e. The third-order valence-electron chi connectivity index (χ3n) is 3.28. The highest BCUT2D eigenvalue weighted by molar-refractivity contribution is 5.51. The largest absolute Gasteiger partial charge is 0.364 e. The molecule has 2 aromatic rings. The van der Waals surface area contributed by atoms with Gasteiger partial charge in [-0.3, -0.25) is 9.97 Å². The van der Waals surface area contributed by atoms with Crippen LogP contribution >= 0.6 is 0 Å². The third kappa shape index (κ3) is 3.54. The molecule has 0 aliphatic rings. The first-order valence-electron chi connectivity index (χ1n) is 6.99. The number of anilines is 1. The van der Waals surface area contributed by atoms with Crippen LogP contribution in [0, 0.1) is 6.92 Å². The number of nitrogens with one attached hydrogen (secondary N) is 1. The molecule has 0 fully saturated rings. The standard InChI is InChI=1S/C16H22N4/c1-4-20(12-15-7-5-6-13(2)19-15)16-11-18-9-8-14(16)10-17-3/h5-9,11,17H,4,10,12H2,1-3H3. The van der Waals surface area contributed by atoms with E-state index in [9.17, 15) is 0 Å². The average molecular weight is 270 g/mol. The van der Waals surface area contributed by atoms with Gasteiger partial charge in [0.25, 0.3) is 0 Å². The van der Waals surface area contributed by atoms with Crippen LogP contribution in [0.5, 0.6) is 0 Å². The summed E-state index contributed by atoms with van der Waals surface area (Å²) in [6.07, 6.45) is 3.78. The molecule has 106 valence electrons. The summed E-state index contributed by atoms with van der Waals surface area (Å²) in [6.45, 7) is 6.76. The fourth-order valence-corrected chi connectivity index (χ4v) is 2.29. The predicted molar refractivity (Wildman–Crippen MR) is 82.7 cm³/mol. The first kappa shape index (κ1) is 14.5. The van der Waals surface area contributed by atoms with E-state index in [-0.39, 0.29) is 0 Å². The second-order valence-corrected chi connectivity index (χ2v) is 4.82. The number of pyridine rings is 2. The Morgan fingerprint density at radius 1 is 1.25 bits per heavy atom. The van der Waals surface area contributed by atoms with Crippen LogP contribution in [0.1, 0.15) is 23.9 Å². The summed E-state index contributed by atoms with van der Waals surface area (Å²) < 4.78 is 0. The summed E-state index contributed by atoms with van der Waals surface area (Å²) >= 11 is 0. The lowest BCUT2D eigenvalue weighted by Crippen LogP contribution is -2.25. The lowest BCUT2D eigenvalue weighted by atomic mass is 10.2. The number of hydrogen-bond donors (Lipinski definition) is 1. The second kappa shape index (κ2) is 7.01. The second-order valence-electron chi connectivity index (χ2n) is 4.82. The quantitative estimate of drug-likeness (QED) is 0.876. The lowest BCUT2D eigenvalue weighted by Gasteiger charge is -2.25. The smallest absolute Gasteiger partial charge is 0.0602 e. The molecule has 4 nitrogen and oxygen atoms in total. The van der Waals surface area contributed by atoms with Crippen molar-refractivity contribution in [3.8, 4) is 0 Å². The monoisotopic (exact) mass is 270 g/mol. The van der Waals surface area contributed by atoms with Gasteiger partial charge in [0.2, 0.25) is 0 Å².